The molecule has 4 heteroatoms. The fourth-order valence-electron chi connectivity index (χ4n) is 2.74. The van der Waals surface area contributed by atoms with E-state index in [9.17, 15) is 4.79 Å². The van der Waals surface area contributed by atoms with Crippen molar-refractivity contribution in [2.24, 2.45) is 5.92 Å². The highest BCUT2D eigenvalue weighted by atomic mass is 16.5. The molecule has 2 aliphatic rings. The first-order chi connectivity index (χ1) is 9.22. The minimum atomic E-state index is -0.400. The van der Waals surface area contributed by atoms with Crippen LogP contribution in [-0.2, 0) is 11.2 Å². The van der Waals surface area contributed by atoms with Crippen LogP contribution in [0.4, 0.5) is 5.69 Å². The number of ether oxygens (including phenoxy) is 1. The fourth-order valence-corrected chi connectivity index (χ4v) is 2.74. The molecule has 0 radical (unpaired) electrons. The zero-order valence-corrected chi connectivity index (χ0v) is 11.2. The van der Waals surface area contributed by atoms with Gasteiger partial charge in [-0.25, -0.2) is 0 Å². The van der Waals surface area contributed by atoms with Gasteiger partial charge in [0, 0.05) is 0 Å². The van der Waals surface area contributed by atoms with Crippen LogP contribution in [0, 0.1) is 5.92 Å². The first-order valence-electron chi connectivity index (χ1n) is 7.03. The van der Waals surface area contributed by atoms with Crippen molar-refractivity contribution in [2.45, 2.75) is 32.3 Å². The van der Waals surface area contributed by atoms with Crippen molar-refractivity contribution in [3.8, 4) is 5.75 Å². The second kappa shape index (κ2) is 5.21. The van der Waals surface area contributed by atoms with E-state index in [1.165, 1.54) is 18.4 Å². The molecule has 1 fully saturated rings. The number of hydrogen-bond acceptors (Lipinski definition) is 3. The zero-order chi connectivity index (χ0) is 13.2. The normalized spacial score (nSPS) is 25.6. The molecule has 0 bridgehead atoms. The van der Waals surface area contributed by atoms with E-state index in [2.05, 4.69) is 16.7 Å². The number of amides is 1. The third-order valence-electron chi connectivity index (χ3n) is 3.98. The quantitative estimate of drug-likeness (QED) is 0.873. The Morgan fingerprint density at radius 1 is 1.42 bits per heavy atom. The molecule has 2 N–H and O–H groups in total. The van der Waals surface area contributed by atoms with Crippen LogP contribution in [0.5, 0.6) is 5.75 Å². The summed E-state index contributed by atoms with van der Waals surface area (Å²) in [6, 6.07) is 6.11. The minimum absolute atomic E-state index is 0.0651. The Bertz CT molecular complexity index is 481. The van der Waals surface area contributed by atoms with E-state index >= 15 is 0 Å². The van der Waals surface area contributed by atoms with Crippen molar-refractivity contribution in [1.29, 1.82) is 0 Å². The van der Waals surface area contributed by atoms with E-state index < -0.39 is 6.10 Å². The van der Waals surface area contributed by atoms with Gasteiger partial charge >= 0.3 is 0 Å². The summed E-state index contributed by atoms with van der Waals surface area (Å²) < 4.78 is 5.55. The van der Waals surface area contributed by atoms with Crippen molar-refractivity contribution < 1.29 is 9.53 Å². The van der Waals surface area contributed by atoms with E-state index in [4.69, 9.17) is 4.74 Å². The molecule has 0 spiro atoms. The predicted octanol–water partition coefficient (Wildman–Crippen LogP) is 1.95. The van der Waals surface area contributed by atoms with Gasteiger partial charge < -0.3 is 15.4 Å². The van der Waals surface area contributed by atoms with Crippen LogP contribution in [0.15, 0.2) is 18.2 Å². The highest BCUT2D eigenvalue weighted by molar-refractivity contribution is 5.97. The van der Waals surface area contributed by atoms with Gasteiger partial charge in [-0.3, -0.25) is 4.79 Å². The number of hydrogen-bond donors (Lipinski definition) is 2. The molecular weight excluding hydrogens is 240 g/mol. The highest BCUT2D eigenvalue weighted by Gasteiger charge is 2.23. The van der Waals surface area contributed by atoms with Gasteiger partial charge in [0.15, 0.2) is 6.10 Å². The molecule has 19 heavy (non-hydrogen) atoms. The summed E-state index contributed by atoms with van der Waals surface area (Å²) in [7, 11) is 0. The smallest absolute Gasteiger partial charge is 0.265 e. The molecule has 4 nitrogen and oxygen atoms in total. The minimum Gasteiger partial charge on any atom is -0.479 e. The largest absolute Gasteiger partial charge is 0.479 e. The van der Waals surface area contributed by atoms with Gasteiger partial charge in [0.1, 0.15) is 5.75 Å². The van der Waals surface area contributed by atoms with E-state index in [-0.39, 0.29) is 5.91 Å². The second-order valence-corrected chi connectivity index (χ2v) is 5.48. The first-order valence-corrected chi connectivity index (χ1v) is 7.03. The van der Waals surface area contributed by atoms with Crippen LogP contribution in [0.1, 0.15) is 25.3 Å². The average molecular weight is 260 g/mol. The number of nitrogens with one attached hydrogen (secondary N) is 2. The molecule has 0 aromatic heterocycles. The maximum absolute atomic E-state index is 11.6. The Balaban J connectivity index is 1.67. The van der Waals surface area contributed by atoms with E-state index in [1.54, 1.807) is 6.92 Å². The molecule has 1 amide bonds. The summed E-state index contributed by atoms with van der Waals surface area (Å²) in [5, 5.41) is 6.29. The van der Waals surface area contributed by atoms with Crippen LogP contribution in [0.2, 0.25) is 0 Å². The topological polar surface area (TPSA) is 50.4 Å². The van der Waals surface area contributed by atoms with Crippen LogP contribution < -0.4 is 15.4 Å². The molecule has 2 aliphatic heterocycles. The van der Waals surface area contributed by atoms with Crippen LogP contribution in [0.25, 0.3) is 0 Å². The predicted molar refractivity (Wildman–Crippen MR) is 74.5 cm³/mol. The number of rotatable bonds is 3. The summed E-state index contributed by atoms with van der Waals surface area (Å²) in [5.41, 5.74) is 2.08. The maximum Gasteiger partial charge on any atom is 0.265 e. The van der Waals surface area contributed by atoms with Crippen molar-refractivity contribution >= 4 is 11.6 Å². The summed E-state index contributed by atoms with van der Waals surface area (Å²) >= 11 is 0. The summed E-state index contributed by atoms with van der Waals surface area (Å²) in [5.74, 6) is 1.50. The molecule has 2 heterocycles. The molecule has 102 valence electrons. The van der Waals surface area contributed by atoms with Gasteiger partial charge in [-0.2, -0.15) is 0 Å². The van der Waals surface area contributed by atoms with Crippen molar-refractivity contribution in [3.05, 3.63) is 23.8 Å². The molecular formula is C15H20N2O2. The second-order valence-electron chi connectivity index (χ2n) is 5.48. The number of carbonyl (C=O) groups is 1. The molecule has 2 unspecified atom stereocenters. The van der Waals surface area contributed by atoms with Crippen molar-refractivity contribution in [2.75, 3.05) is 18.4 Å². The number of fused-ring (bicyclic) bond motifs is 1. The Hall–Kier alpha value is -1.55. The van der Waals surface area contributed by atoms with Gasteiger partial charge in [0.25, 0.3) is 5.91 Å². The Labute approximate surface area is 113 Å². The lowest BCUT2D eigenvalue weighted by Crippen LogP contribution is -2.34. The molecule has 0 aliphatic carbocycles. The average Bonchev–Trinajstić information content (AvgIpc) is 2.91. The number of anilines is 1. The Kier molecular flexibility index (Phi) is 3.42. The first kappa shape index (κ1) is 12.5. The maximum atomic E-state index is 11.6. The molecule has 1 saturated heterocycles. The lowest BCUT2D eigenvalue weighted by molar-refractivity contribution is -0.122. The number of carbonyl (C=O) groups excluding carboxylic acids is 1. The Morgan fingerprint density at radius 2 is 2.32 bits per heavy atom. The Morgan fingerprint density at radius 3 is 3.11 bits per heavy atom. The number of aryl methyl sites for hydroxylation is 1. The monoisotopic (exact) mass is 260 g/mol. The molecule has 3 rings (SSSR count). The SMILES string of the molecule is CC1Oc2ccc(CCC3CCNC3)cc2NC1=O. The third-order valence-corrected chi connectivity index (χ3v) is 3.98. The molecule has 1 aromatic rings. The molecule has 1 aromatic carbocycles. The highest BCUT2D eigenvalue weighted by Crippen LogP contribution is 2.31. The van der Waals surface area contributed by atoms with Gasteiger partial charge in [-0.05, 0) is 62.9 Å². The van der Waals surface area contributed by atoms with Gasteiger partial charge in [0.2, 0.25) is 0 Å². The number of benzene rings is 1. The fraction of sp³-hybridized carbons (Fsp3) is 0.533. The van der Waals surface area contributed by atoms with Crippen LogP contribution >= 0.6 is 0 Å². The van der Waals surface area contributed by atoms with Crippen molar-refractivity contribution in [1.82, 2.24) is 5.32 Å². The van der Waals surface area contributed by atoms with Crippen LogP contribution in [-0.4, -0.2) is 25.1 Å². The third kappa shape index (κ3) is 2.73. The van der Waals surface area contributed by atoms with E-state index in [0.29, 0.717) is 0 Å². The van der Waals surface area contributed by atoms with E-state index in [1.807, 2.05) is 12.1 Å². The summed E-state index contributed by atoms with van der Waals surface area (Å²) in [6.45, 7) is 4.05. The summed E-state index contributed by atoms with van der Waals surface area (Å²) in [4.78, 5) is 11.6. The van der Waals surface area contributed by atoms with Gasteiger partial charge in [-0.15, -0.1) is 0 Å². The standard InChI is InChI=1S/C15H20N2O2/c1-10-15(18)17-13-8-11(4-5-14(13)19-10)2-3-12-6-7-16-9-12/h4-5,8,10,12,16H,2-3,6-7,9H2,1H3,(H,17,18). The lowest BCUT2D eigenvalue weighted by atomic mass is 9.98. The summed E-state index contributed by atoms with van der Waals surface area (Å²) in [6.07, 6.45) is 3.15. The molecule has 2 atom stereocenters. The van der Waals surface area contributed by atoms with E-state index in [0.717, 1.165) is 36.9 Å². The van der Waals surface area contributed by atoms with Crippen LogP contribution in [0.3, 0.4) is 0 Å². The van der Waals surface area contributed by atoms with Crippen molar-refractivity contribution in [3.63, 3.8) is 0 Å². The lowest BCUT2D eigenvalue weighted by Gasteiger charge is -2.23. The zero-order valence-electron chi connectivity index (χ0n) is 11.2. The van der Waals surface area contributed by atoms with Gasteiger partial charge in [-0.1, -0.05) is 6.07 Å². The molecule has 0 saturated carbocycles. The van der Waals surface area contributed by atoms with Gasteiger partial charge in [0.05, 0.1) is 5.69 Å².